The van der Waals surface area contributed by atoms with Gasteiger partial charge in [0.05, 0.1) is 11.3 Å². The van der Waals surface area contributed by atoms with Crippen LogP contribution in [0.3, 0.4) is 0 Å². The summed E-state index contributed by atoms with van der Waals surface area (Å²) in [4.78, 5) is 18.8. The minimum Gasteiger partial charge on any atom is -0.339 e. The fraction of sp³-hybridized carbons (Fsp3) is 0.0833. The number of nitrogens with one attached hydrogen (secondary N) is 1. The van der Waals surface area contributed by atoms with Gasteiger partial charge in [0.15, 0.2) is 6.29 Å². The molecule has 0 spiro atoms. The zero-order valence-corrected chi connectivity index (χ0v) is 11.8. The van der Waals surface area contributed by atoms with Crippen LogP contribution in [0.5, 0.6) is 0 Å². The maximum Gasteiger partial charge on any atom is 0.156 e. The summed E-state index contributed by atoms with van der Waals surface area (Å²) < 4.78 is 0.914. The molecule has 6 heteroatoms. The van der Waals surface area contributed by atoms with E-state index in [1.807, 2.05) is 25.1 Å². The van der Waals surface area contributed by atoms with Crippen molar-refractivity contribution in [3.8, 4) is 0 Å². The second-order valence-corrected chi connectivity index (χ2v) is 4.76. The lowest BCUT2D eigenvalue weighted by Gasteiger charge is -2.11. The number of halogens is 2. The quantitative estimate of drug-likeness (QED) is 0.689. The average Bonchev–Trinajstić information content (AvgIpc) is 2.35. The highest BCUT2D eigenvalue weighted by Gasteiger charge is 2.10. The van der Waals surface area contributed by atoms with Crippen LogP contribution in [0.2, 0.25) is 5.15 Å². The van der Waals surface area contributed by atoms with Crippen LogP contribution >= 0.6 is 27.5 Å². The van der Waals surface area contributed by atoms with Gasteiger partial charge in [-0.05, 0) is 34.5 Å². The summed E-state index contributed by atoms with van der Waals surface area (Å²) in [6.45, 7) is 1.98. The largest absolute Gasteiger partial charge is 0.339 e. The van der Waals surface area contributed by atoms with Crippen LogP contribution in [0.15, 0.2) is 29.0 Å². The molecule has 0 aliphatic heterocycles. The topological polar surface area (TPSA) is 54.9 Å². The Balaban J connectivity index is 2.43. The molecule has 2 rings (SSSR count). The van der Waals surface area contributed by atoms with Crippen molar-refractivity contribution in [2.45, 2.75) is 6.92 Å². The number of nitrogens with zero attached hydrogens (tertiary/aromatic N) is 2. The van der Waals surface area contributed by atoms with E-state index < -0.39 is 0 Å². The Morgan fingerprint density at radius 2 is 2.17 bits per heavy atom. The third-order valence-electron chi connectivity index (χ3n) is 2.40. The molecular weight excluding hydrogens is 318 g/mol. The second-order valence-electron chi connectivity index (χ2n) is 3.61. The van der Waals surface area contributed by atoms with Crippen molar-refractivity contribution >= 4 is 45.3 Å². The van der Waals surface area contributed by atoms with Gasteiger partial charge in [-0.1, -0.05) is 23.7 Å². The molecule has 0 atom stereocenters. The predicted molar refractivity (Wildman–Crippen MR) is 74.6 cm³/mol. The molecule has 1 aromatic carbocycles. The van der Waals surface area contributed by atoms with Crippen molar-refractivity contribution in [2.24, 2.45) is 0 Å². The highest BCUT2D eigenvalue weighted by Crippen LogP contribution is 2.29. The first-order valence-corrected chi connectivity index (χ1v) is 6.28. The molecule has 0 bridgehead atoms. The van der Waals surface area contributed by atoms with Gasteiger partial charge in [-0.25, -0.2) is 9.97 Å². The summed E-state index contributed by atoms with van der Waals surface area (Å²) in [7, 11) is 0. The van der Waals surface area contributed by atoms with E-state index in [2.05, 4.69) is 31.2 Å². The summed E-state index contributed by atoms with van der Waals surface area (Å²) in [5.74, 6) is 0.385. The lowest BCUT2D eigenvalue weighted by atomic mass is 10.2. The molecule has 92 valence electrons. The molecule has 2 aromatic rings. The standard InChI is InChI=1S/C12H9BrClN3O/c1-7-3-2-4-9(10(7)13)17-12-8(5-18)11(14)15-6-16-12/h2-6H,1H3,(H,15,16,17). The van der Waals surface area contributed by atoms with Gasteiger partial charge in [-0.2, -0.15) is 0 Å². The Bertz CT molecular complexity index is 604. The van der Waals surface area contributed by atoms with Gasteiger partial charge in [-0.3, -0.25) is 4.79 Å². The third-order valence-corrected chi connectivity index (χ3v) is 3.75. The monoisotopic (exact) mass is 325 g/mol. The van der Waals surface area contributed by atoms with E-state index >= 15 is 0 Å². The summed E-state index contributed by atoms with van der Waals surface area (Å²) in [5.41, 5.74) is 2.13. The van der Waals surface area contributed by atoms with Gasteiger partial charge in [-0.15, -0.1) is 0 Å². The fourth-order valence-corrected chi connectivity index (χ4v) is 1.99. The number of aryl methyl sites for hydroxylation is 1. The van der Waals surface area contributed by atoms with Gasteiger partial charge in [0.2, 0.25) is 0 Å². The molecule has 4 nitrogen and oxygen atoms in total. The molecule has 1 heterocycles. The lowest BCUT2D eigenvalue weighted by Crippen LogP contribution is -2.01. The van der Waals surface area contributed by atoms with Crippen LogP contribution in [0.1, 0.15) is 15.9 Å². The normalized spacial score (nSPS) is 10.2. The van der Waals surface area contributed by atoms with Crippen LogP contribution in [-0.4, -0.2) is 16.3 Å². The van der Waals surface area contributed by atoms with Gasteiger partial charge in [0, 0.05) is 4.47 Å². The molecule has 18 heavy (non-hydrogen) atoms. The van der Waals surface area contributed by atoms with Crippen LogP contribution in [-0.2, 0) is 0 Å². The van der Waals surface area contributed by atoms with Crippen LogP contribution in [0, 0.1) is 6.92 Å². The van der Waals surface area contributed by atoms with Crippen molar-refractivity contribution in [1.29, 1.82) is 0 Å². The molecule has 1 aromatic heterocycles. The van der Waals surface area contributed by atoms with Gasteiger partial charge >= 0.3 is 0 Å². The smallest absolute Gasteiger partial charge is 0.156 e. The van der Waals surface area contributed by atoms with Crippen LogP contribution in [0.25, 0.3) is 0 Å². The number of aromatic nitrogens is 2. The Hall–Kier alpha value is -1.46. The zero-order valence-electron chi connectivity index (χ0n) is 9.45. The van der Waals surface area contributed by atoms with Crippen molar-refractivity contribution in [3.05, 3.63) is 45.3 Å². The van der Waals surface area contributed by atoms with E-state index in [-0.39, 0.29) is 10.7 Å². The number of aldehydes is 1. The van der Waals surface area contributed by atoms with E-state index in [1.54, 1.807) is 0 Å². The Morgan fingerprint density at radius 1 is 1.39 bits per heavy atom. The summed E-state index contributed by atoms with van der Waals surface area (Å²) in [5, 5.41) is 3.19. The van der Waals surface area contributed by atoms with Gasteiger partial charge < -0.3 is 5.32 Å². The van der Waals surface area contributed by atoms with Crippen LogP contribution in [0.4, 0.5) is 11.5 Å². The molecule has 0 saturated carbocycles. The first kappa shape index (κ1) is 13.0. The third kappa shape index (κ3) is 2.52. The predicted octanol–water partition coefficient (Wildman–Crippen LogP) is 3.76. The number of carbonyl (C=O) groups is 1. The molecular formula is C12H9BrClN3O. The van der Waals surface area contributed by atoms with Crippen molar-refractivity contribution in [2.75, 3.05) is 5.32 Å². The Kier molecular flexibility index (Phi) is 3.93. The van der Waals surface area contributed by atoms with E-state index in [0.717, 1.165) is 15.7 Å². The average molecular weight is 327 g/mol. The first-order valence-electron chi connectivity index (χ1n) is 5.11. The zero-order chi connectivity index (χ0) is 13.1. The maximum atomic E-state index is 11.0. The SMILES string of the molecule is Cc1cccc(Nc2ncnc(Cl)c2C=O)c1Br. The number of anilines is 2. The minimum atomic E-state index is 0.131. The van der Waals surface area contributed by atoms with Crippen molar-refractivity contribution in [1.82, 2.24) is 9.97 Å². The summed E-state index contributed by atoms with van der Waals surface area (Å²) in [6.07, 6.45) is 1.94. The van der Waals surface area contributed by atoms with Crippen molar-refractivity contribution in [3.63, 3.8) is 0 Å². The van der Waals surface area contributed by atoms with Crippen LogP contribution < -0.4 is 5.32 Å². The number of hydrogen-bond acceptors (Lipinski definition) is 4. The van der Waals surface area contributed by atoms with E-state index in [1.165, 1.54) is 6.33 Å². The Morgan fingerprint density at radius 3 is 2.89 bits per heavy atom. The summed E-state index contributed by atoms with van der Waals surface area (Å²) >= 11 is 9.31. The molecule has 0 radical (unpaired) electrons. The fourth-order valence-electron chi connectivity index (χ4n) is 1.45. The molecule has 0 saturated heterocycles. The molecule has 0 aliphatic carbocycles. The van der Waals surface area contributed by atoms with E-state index in [0.29, 0.717) is 12.1 Å². The number of hydrogen-bond donors (Lipinski definition) is 1. The Labute approximate surface area is 118 Å². The highest BCUT2D eigenvalue weighted by atomic mass is 79.9. The maximum absolute atomic E-state index is 11.0. The van der Waals surface area contributed by atoms with E-state index in [4.69, 9.17) is 11.6 Å². The first-order chi connectivity index (χ1) is 8.63. The molecule has 0 fully saturated rings. The second kappa shape index (κ2) is 5.46. The summed E-state index contributed by atoms with van der Waals surface area (Å²) in [6, 6.07) is 5.76. The number of benzene rings is 1. The van der Waals surface area contributed by atoms with E-state index in [9.17, 15) is 4.79 Å². The number of carbonyl (C=O) groups excluding carboxylic acids is 1. The molecule has 0 unspecified atom stereocenters. The minimum absolute atomic E-state index is 0.131. The lowest BCUT2D eigenvalue weighted by molar-refractivity contribution is 0.112. The number of rotatable bonds is 3. The van der Waals surface area contributed by atoms with Crippen molar-refractivity contribution < 1.29 is 4.79 Å². The van der Waals surface area contributed by atoms with Gasteiger partial charge in [0.25, 0.3) is 0 Å². The molecule has 1 N–H and O–H groups in total. The molecule has 0 aliphatic rings. The van der Waals surface area contributed by atoms with Gasteiger partial charge in [0.1, 0.15) is 17.3 Å². The highest BCUT2D eigenvalue weighted by molar-refractivity contribution is 9.10. The molecule has 0 amide bonds.